The van der Waals surface area contributed by atoms with Gasteiger partial charge in [-0.15, -0.1) is 0 Å². The van der Waals surface area contributed by atoms with Gasteiger partial charge in [-0.05, 0) is 84.0 Å². The molecule has 3 nitrogen and oxygen atoms in total. The molecular formula is C54H33N3. The second-order valence-corrected chi connectivity index (χ2v) is 15.8. The first-order chi connectivity index (χ1) is 28.3. The fourth-order valence-corrected chi connectivity index (χ4v) is 11.2. The Hall–Kier alpha value is -7.23. The van der Waals surface area contributed by atoms with Crippen LogP contribution in [0, 0.1) is 0 Å². The number of aromatic nitrogens is 3. The van der Waals surface area contributed by atoms with Crippen molar-refractivity contribution in [1.29, 1.82) is 0 Å². The molecule has 0 amide bonds. The first kappa shape index (κ1) is 31.0. The van der Waals surface area contributed by atoms with E-state index in [1.54, 1.807) is 0 Å². The SMILES string of the molecule is c1ccc(-c2nc(-c3ccc4c(c3)C3(c5ccccc5-c5ccccc53)c3ccccc3-4)nc(C34c5ccccc5C(c5ccccc53)c3ccccc34)n2)cc1. The maximum Gasteiger partial charge on any atom is 0.163 e. The molecule has 0 fully saturated rings. The van der Waals surface area contributed by atoms with Crippen molar-refractivity contribution in [1.82, 2.24) is 15.0 Å². The van der Waals surface area contributed by atoms with Crippen LogP contribution in [0.5, 0.6) is 0 Å². The van der Waals surface area contributed by atoms with E-state index in [1.165, 1.54) is 77.9 Å². The molecule has 2 bridgehead atoms. The highest BCUT2D eigenvalue weighted by molar-refractivity contribution is 5.95. The predicted molar refractivity (Wildman–Crippen MR) is 226 cm³/mol. The Bertz CT molecular complexity index is 2980. The van der Waals surface area contributed by atoms with Gasteiger partial charge in [0.05, 0.1) is 5.41 Å². The highest BCUT2D eigenvalue weighted by Gasteiger charge is 2.55. The molecule has 0 saturated heterocycles. The Morgan fingerprint density at radius 1 is 0.298 bits per heavy atom. The van der Waals surface area contributed by atoms with Crippen LogP contribution in [-0.2, 0) is 10.8 Å². The highest BCUT2D eigenvalue weighted by Crippen LogP contribution is 2.64. The highest BCUT2D eigenvalue weighted by atomic mass is 15.1. The van der Waals surface area contributed by atoms with E-state index in [0.29, 0.717) is 11.6 Å². The Labute approximate surface area is 331 Å². The van der Waals surface area contributed by atoms with Crippen LogP contribution in [-0.4, -0.2) is 15.0 Å². The van der Waals surface area contributed by atoms with Crippen LogP contribution in [0.2, 0.25) is 0 Å². The molecular weight excluding hydrogens is 691 g/mol. The third-order valence-corrected chi connectivity index (χ3v) is 13.3. The van der Waals surface area contributed by atoms with Gasteiger partial charge in [-0.2, -0.15) is 0 Å². The van der Waals surface area contributed by atoms with Gasteiger partial charge in [-0.1, -0.05) is 188 Å². The molecule has 0 saturated carbocycles. The lowest BCUT2D eigenvalue weighted by molar-refractivity contribution is 0.591. The van der Waals surface area contributed by atoms with Gasteiger partial charge in [0.25, 0.3) is 0 Å². The molecule has 14 rings (SSSR count). The second kappa shape index (κ2) is 11.2. The van der Waals surface area contributed by atoms with Gasteiger partial charge in [0, 0.05) is 17.0 Å². The quantitative estimate of drug-likeness (QED) is 0.182. The molecule has 264 valence electrons. The first-order valence-corrected chi connectivity index (χ1v) is 19.8. The van der Waals surface area contributed by atoms with Crippen molar-refractivity contribution in [2.24, 2.45) is 0 Å². The summed E-state index contributed by atoms with van der Waals surface area (Å²) in [4.78, 5) is 16.6. The molecule has 57 heavy (non-hydrogen) atoms. The Morgan fingerprint density at radius 2 is 0.702 bits per heavy atom. The van der Waals surface area contributed by atoms with Crippen LogP contribution in [0.4, 0.5) is 0 Å². The van der Waals surface area contributed by atoms with Crippen molar-refractivity contribution < 1.29 is 0 Å². The van der Waals surface area contributed by atoms with E-state index in [1.807, 2.05) is 6.07 Å². The molecule has 1 spiro atoms. The van der Waals surface area contributed by atoms with Gasteiger partial charge in [-0.3, -0.25) is 0 Å². The van der Waals surface area contributed by atoms with Crippen LogP contribution in [0.25, 0.3) is 45.0 Å². The molecule has 5 aliphatic rings. The van der Waals surface area contributed by atoms with Crippen molar-refractivity contribution in [3.63, 3.8) is 0 Å². The molecule has 0 unspecified atom stereocenters. The fraction of sp³-hybridized carbons (Fsp3) is 0.0556. The number of benzene rings is 8. The summed E-state index contributed by atoms with van der Waals surface area (Å²) in [5.41, 5.74) is 18.7. The van der Waals surface area contributed by atoms with Crippen LogP contribution in [0.15, 0.2) is 194 Å². The monoisotopic (exact) mass is 723 g/mol. The van der Waals surface area contributed by atoms with Gasteiger partial charge in [0.15, 0.2) is 17.5 Å². The Kier molecular flexibility index (Phi) is 6.09. The van der Waals surface area contributed by atoms with Gasteiger partial charge in [0.1, 0.15) is 5.41 Å². The molecule has 8 aromatic carbocycles. The number of hydrogen-bond acceptors (Lipinski definition) is 3. The first-order valence-electron chi connectivity index (χ1n) is 19.8. The molecule has 5 aliphatic carbocycles. The summed E-state index contributed by atoms with van der Waals surface area (Å²) in [6.45, 7) is 0. The number of rotatable bonds is 3. The van der Waals surface area contributed by atoms with Crippen molar-refractivity contribution in [2.45, 2.75) is 16.7 Å². The van der Waals surface area contributed by atoms with Gasteiger partial charge >= 0.3 is 0 Å². The van der Waals surface area contributed by atoms with Crippen molar-refractivity contribution in [2.75, 3.05) is 0 Å². The predicted octanol–water partition coefficient (Wildman–Crippen LogP) is 11.7. The van der Waals surface area contributed by atoms with Crippen molar-refractivity contribution >= 4 is 0 Å². The zero-order valence-corrected chi connectivity index (χ0v) is 30.9. The van der Waals surface area contributed by atoms with Crippen LogP contribution in [0.1, 0.15) is 67.4 Å². The normalized spacial score (nSPS) is 17.9. The minimum atomic E-state index is -0.739. The molecule has 3 heteroatoms. The summed E-state index contributed by atoms with van der Waals surface area (Å²) in [6.07, 6.45) is 0. The second-order valence-electron chi connectivity index (χ2n) is 15.8. The molecule has 1 heterocycles. The van der Waals surface area contributed by atoms with E-state index < -0.39 is 10.8 Å². The molecule has 1 aromatic heterocycles. The lowest BCUT2D eigenvalue weighted by Gasteiger charge is -2.49. The third-order valence-electron chi connectivity index (χ3n) is 13.3. The summed E-state index contributed by atoms with van der Waals surface area (Å²) in [5.74, 6) is 2.23. The molecule has 0 atom stereocenters. The zero-order chi connectivity index (χ0) is 37.3. The van der Waals surface area contributed by atoms with E-state index in [2.05, 4.69) is 188 Å². The van der Waals surface area contributed by atoms with E-state index in [-0.39, 0.29) is 5.92 Å². The van der Waals surface area contributed by atoms with E-state index in [4.69, 9.17) is 15.0 Å². The minimum Gasteiger partial charge on any atom is -0.211 e. The summed E-state index contributed by atoms with van der Waals surface area (Å²) in [7, 11) is 0. The average Bonchev–Trinajstić information content (AvgIpc) is 3.76. The summed E-state index contributed by atoms with van der Waals surface area (Å²) in [6, 6.07) is 71.0. The van der Waals surface area contributed by atoms with Crippen LogP contribution in [0.3, 0.4) is 0 Å². The molecule has 0 radical (unpaired) electrons. The van der Waals surface area contributed by atoms with Crippen LogP contribution >= 0.6 is 0 Å². The Balaban J connectivity index is 1.12. The van der Waals surface area contributed by atoms with Gasteiger partial charge in [0.2, 0.25) is 0 Å². The minimum absolute atomic E-state index is 0.150. The van der Waals surface area contributed by atoms with Crippen molar-refractivity contribution in [3.05, 3.63) is 256 Å². The smallest absolute Gasteiger partial charge is 0.163 e. The van der Waals surface area contributed by atoms with Crippen molar-refractivity contribution in [3.8, 4) is 45.0 Å². The summed E-state index contributed by atoms with van der Waals surface area (Å²) >= 11 is 0. The number of nitrogens with zero attached hydrogens (tertiary/aromatic N) is 3. The number of fused-ring (bicyclic) bond motifs is 10. The molecule has 0 aliphatic heterocycles. The maximum absolute atomic E-state index is 5.67. The topological polar surface area (TPSA) is 38.7 Å². The van der Waals surface area contributed by atoms with E-state index in [0.717, 1.165) is 17.0 Å². The fourth-order valence-electron chi connectivity index (χ4n) is 11.2. The van der Waals surface area contributed by atoms with E-state index >= 15 is 0 Å². The lowest BCUT2D eigenvalue weighted by Crippen LogP contribution is -2.44. The standard InChI is InChI=1S/C54H33N3/c1-2-16-33(17-3-1)50-55-51(57-52(56-50)54-45-27-13-7-21-39(45)49(40-22-8-14-28-46(40)54)41-23-9-15-29-47(41)54)34-30-31-38-37-20-6-12-26-44(37)53(48(38)32-34)42-24-10-4-18-35(42)36-19-5-11-25-43(36)53/h1-32,49H. The largest absolute Gasteiger partial charge is 0.211 e. The summed E-state index contributed by atoms with van der Waals surface area (Å²) < 4.78 is 0. The maximum atomic E-state index is 5.67. The molecule has 9 aromatic rings. The number of hydrogen-bond donors (Lipinski definition) is 0. The van der Waals surface area contributed by atoms with Gasteiger partial charge < -0.3 is 0 Å². The van der Waals surface area contributed by atoms with E-state index in [9.17, 15) is 0 Å². The molecule has 0 N–H and O–H groups in total. The zero-order valence-electron chi connectivity index (χ0n) is 30.9. The summed E-state index contributed by atoms with van der Waals surface area (Å²) in [5, 5.41) is 0. The third kappa shape index (κ3) is 3.79. The Morgan fingerprint density at radius 3 is 1.21 bits per heavy atom. The van der Waals surface area contributed by atoms with Gasteiger partial charge in [-0.25, -0.2) is 15.0 Å². The average molecular weight is 724 g/mol. The van der Waals surface area contributed by atoms with Crippen LogP contribution < -0.4 is 0 Å². The lowest BCUT2D eigenvalue weighted by atomic mass is 9.52.